The lowest BCUT2D eigenvalue weighted by molar-refractivity contribution is 0.0696. The van der Waals surface area contributed by atoms with Crippen molar-refractivity contribution in [3.8, 4) is 5.95 Å². The molecule has 0 aliphatic carbocycles. The van der Waals surface area contributed by atoms with Crippen LogP contribution in [0.5, 0.6) is 0 Å². The van der Waals surface area contributed by atoms with Gasteiger partial charge in [-0.1, -0.05) is 0 Å². The quantitative estimate of drug-likeness (QED) is 0.870. The van der Waals surface area contributed by atoms with Gasteiger partial charge in [-0.15, -0.1) is 5.10 Å². The zero-order chi connectivity index (χ0) is 13.4. The molecular formula is C12H14N4O2. The van der Waals surface area contributed by atoms with Gasteiger partial charge >= 0.3 is 5.97 Å². The van der Waals surface area contributed by atoms with Crippen LogP contribution in [-0.4, -0.2) is 30.8 Å². The monoisotopic (exact) mass is 246 g/mol. The fraction of sp³-hybridized carbons (Fsp3) is 0.333. The molecule has 0 fully saturated rings. The van der Waals surface area contributed by atoms with Crippen LogP contribution in [0.15, 0.2) is 6.07 Å². The molecule has 94 valence electrons. The first kappa shape index (κ1) is 12.2. The van der Waals surface area contributed by atoms with Crippen LogP contribution in [0.25, 0.3) is 5.95 Å². The van der Waals surface area contributed by atoms with Crippen molar-refractivity contribution in [1.82, 2.24) is 19.7 Å². The van der Waals surface area contributed by atoms with E-state index in [-0.39, 0.29) is 5.56 Å². The summed E-state index contributed by atoms with van der Waals surface area (Å²) >= 11 is 0. The summed E-state index contributed by atoms with van der Waals surface area (Å²) < 4.78 is 1.70. The van der Waals surface area contributed by atoms with Crippen molar-refractivity contribution in [1.29, 1.82) is 0 Å². The van der Waals surface area contributed by atoms with E-state index >= 15 is 0 Å². The molecule has 0 aromatic carbocycles. The van der Waals surface area contributed by atoms with Gasteiger partial charge in [0, 0.05) is 11.4 Å². The second-order valence-electron chi connectivity index (χ2n) is 4.21. The van der Waals surface area contributed by atoms with E-state index in [4.69, 9.17) is 5.11 Å². The third-order valence-corrected chi connectivity index (χ3v) is 2.94. The van der Waals surface area contributed by atoms with E-state index < -0.39 is 5.97 Å². The Hall–Kier alpha value is -2.24. The SMILES string of the molecule is Cc1nnc(-n2c(C)cc(C(=O)O)c2C)nc1C. The Morgan fingerprint density at radius 3 is 2.33 bits per heavy atom. The molecule has 6 nitrogen and oxygen atoms in total. The van der Waals surface area contributed by atoms with Gasteiger partial charge in [-0.3, -0.25) is 4.57 Å². The molecule has 0 radical (unpaired) electrons. The van der Waals surface area contributed by atoms with Crippen molar-refractivity contribution in [2.75, 3.05) is 0 Å². The van der Waals surface area contributed by atoms with E-state index in [1.807, 2.05) is 20.8 Å². The topological polar surface area (TPSA) is 80.9 Å². The Bertz CT molecular complexity index is 631. The van der Waals surface area contributed by atoms with Crippen LogP contribution in [0.3, 0.4) is 0 Å². The number of aromatic nitrogens is 4. The maximum absolute atomic E-state index is 11.1. The smallest absolute Gasteiger partial charge is 0.337 e. The van der Waals surface area contributed by atoms with Crippen LogP contribution < -0.4 is 0 Å². The predicted octanol–water partition coefficient (Wildman–Crippen LogP) is 1.59. The van der Waals surface area contributed by atoms with Crippen LogP contribution >= 0.6 is 0 Å². The zero-order valence-electron chi connectivity index (χ0n) is 10.7. The predicted molar refractivity (Wildman–Crippen MR) is 65.1 cm³/mol. The molecule has 6 heteroatoms. The lowest BCUT2D eigenvalue weighted by Crippen LogP contribution is -2.09. The molecule has 2 heterocycles. The third kappa shape index (κ3) is 1.85. The number of aryl methyl sites for hydroxylation is 3. The number of carbonyl (C=O) groups is 1. The van der Waals surface area contributed by atoms with Crippen molar-refractivity contribution in [3.05, 3.63) is 34.4 Å². The number of carboxylic acid groups (broad SMARTS) is 1. The standard InChI is InChI=1S/C12H14N4O2/c1-6-5-10(11(17)18)9(4)16(6)12-13-7(2)8(3)14-15-12/h5H,1-4H3,(H,17,18). The molecule has 0 aliphatic heterocycles. The number of aromatic carboxylic acids is 1. The van der Waals surface area contributed by atoms with E-state index in [0.29, 0.717) is 11.6 Å². The van der Waals surface area contributed by atoms with Crippen LogP contribution in [-0.2, 0) is 0 Å². The molecule has 0 saturated heterocycles. The van der Waals surface area contributed by atoms with Crippen LogP contribution in [0.4, 0.5) is 0 Å². The van der Waals surface area contributed by atoms with Crippen molar-refractivity contribution in [2.24, 2.45) is 0 Å². The molecule has 0 atom stereocenters. The van der Waals surface area contributed by atoms with Gasteiger partial charge < -0.3 is 5.11 Å². The molecule has 0 spiro atoms. The van der Waals surface area contributed by atoms with E-state index in [1.165, 1.54) is 0 Å². The molecule has 18 heavy (non-hydrogen) atoms. The highest BCUT2D eigenvalue weighted by Crippen LogP contribution is 2.18. The first-order chi connectivity index (χ1) is 8.41. The Morgan fingerprint density at radius 1 is 1.17 bits per heavy atom. The van der Waals surface area contributed by atoms with E-state index in [2.05, 4.69) is 15.2 Å². The highest BCUT2D eigenvalue weighted by atomic mass is 16.4. The van der Waals surface area contributed by atoms with Crippen LogP contribution in [0.2, 0.25) is 0 Å². The minimum absolute atomic E-state index is 0.259. The maximum atomic E-state index is 11.1. The molecule has 2 aromatic rings. The first-order valence-corrected chi connectivity index (χ1v) is 5.52. The minimum atomic E-state index is -0.953. The molecule has 0 aliphatic rings. The van der Waals surface area contributed by atoms with Gasteiger partial charge in [0.15, 0.2) is 0 Å². The molecule has 2 rings (SSSR count). The normalized spacial score (nSPS) is 10.7. The third-order valence-electron chi connectivity index (χ3n) is 2.94. The van der Waals surface area contributed by atoms with Gasteiger partial charge in [-0.25, -0.2) is 9.78 Å². The molecular weight excluding hydrogens is 232 g/mol. The lowest BCUT2D eigenvalue weighted by atomic mass is 10.2. The van der Waals surface area contributed by atoms with Crippen LogP contribution in [0, 0.1) is 27.7 Å². The van der Waals surface area contributed by atoms with Gasteiger partial charge in [-0.05, 0) is 33.8 Å². The van der Waals surface area contributed by atoms with Crippen LogP contribution in [0.1, 0.15) is 33.1 Å². The molecule has 0 bridgehead atoms. The zero-order valence-corrected chi connectivity index (χ0v) is 10.7. The summed E-state index contributed by atoms with van der Waals surface area (Å²) in [5.74, 6) is -0.549. The van der Waals surface area contributed by atoms with Gasteiger partial charge in [0.05, 0.1) is 17.0 Å². The fourth-order valence-electron chi connectivity index (χ4n) is 1.83. The Balaban J connectivity index is 2.64. The highest BCUT2D eigenvalue weighted by molar-refractivity contribution is 5.89. The summed E-state index contributed by atoms with van der Waals surface area (Å²) in [6.07, 6.45) is 0. The number of rotatable bonds is 2. The highest BCUT2D eigenvalue weighted by Gasteiger charge is 2.17. The van der Waals surface area contributed by atoms with Gasteiger partial charge in [-0.2, -0.15) is 5.10 Å². The largest absolute Gasteiger partial charge is 0.478 e. The van der Waals surface area contributed by atoms with Gasteiger partial charge in [0.1, 0.15) is 0 Å². The number of hydrogen-bond acceptors (Lipinski definition) is 4. The summed E-state index contributed by atoms with van der Waals surface area (Å²) in [7, 11) is 0. The van der Waals surface area contributed by atoms with Gasteiger partial charge in [0.2, 0.25) is 0 Å². The van der Waals surface area contributed by atoms with Crippen molar-refractivity contribution in [3.63, 3.8) is 0 Å². The van der Waals surface area contributed by atoms with Gasteiger partial charge in [0.25, 0.3) is 5.95 Å². The molecule has 1 N–H and O–H groups in total. The Labute approximate surface area is 104 Å². The van der Waals surface area contributed by atoms with E-state index in [9.17, 15) is 4.79 Å². The van der Waals surface area contributed by atoms with Crippen molar-refractivity contribution >= 4 is 5.97 Å². The second kappa shape index (κ2) is 4.21. The lowest BCUT2D eigenvalue weighted by Gasteiger charge is -2.08. The minimum Gasteiger partial charge on any atom is -0.478 e. The average Bonchev–Trinajstić information content (AvgIpc) is 2.59. The number of nitrogens with zero attached hydrogens (tertiary/aromatic N) is 4. The fourth-order valence-corrected chi connectivity index (χ4v) is 1.83. The first-order valence-electron chi connectivity index (χ1n) is 5.52. The molecule has 0 saturated carbocycles. The summed E-state index contributed by atoms with van der Waals surface area (Å²) in [6, 6.07) is 1.61. The Morgan fingerprint density at radius 2 is 1.83 bits per heavy atom. The summed E-state index contributed by atoms with van der Waals surface area (Å²) in [5.41, 5.74) is 3.18. The number of hydrogen-bond donors (Lipinski definition) is 1. The summed E-state index contributed by atoms with van der Waals surface area (Å²) in [6.45, 7) is 7.23. The number of carboxylic acids is 1. The van der Waals surface area contributed by atoms with E-state index in [1.54, 1.807) is 17.6 Å². The van der Waals surface area contributed by atoms with E-state index in [0.717, 1.165) is 17.1 Å². The average molecular weight is 246 g/mol. The summed E-state index contributed by atoms with van der Waals surface area (Å²) in [4.78, 5) is 15.4. The van der Waals surface area contributed by atoms with Crippen molar-refractivity contribution in [2.45, 2.75) is 27.7 Å². The molecule has 2 aromatic heterocycles. The maximum Gasteiger partial charge on any atom is 0.337 e. The molecule has 0 amide bonds. The molecule has 0 unspecified atom stereocenters. The second-order valence-corrected chi connectivity index (χ2v) is 4.21. The Kier molecular flexibility index (Phi) is 2.86. The summed E-state index contributed by atoms with van der Waals surface area (Å²) in [5, 5.41) is 17.1. The van der Waals surface area contributed by atoms with Crippen molar-refractivity contribution < 1.29 is 9.90 Å².